The third-order valence-electron chi connectivity index (χ3n) is 2.78. The van der Waals surface area contributed by atoms with E-state index in [9.17, 15) is 0 Å². The Labute approximate surface area is 96.2 Å². The fourth-order valence-electron chi connectivity index (χ4n) is 2.19. The number of benzene rings is 1. The number of rotatable bonds is 2. The normalized spacial score (nSPS) is 19.9. The Morgan fingerprint density at radius 3 is 3.00 bits per heavy atom. The highest BCUT2D eigenvalue weighted by Gasteiger charge is 2.18. The van der Waals surface area contributed by atoms with E-state index in [4.69, 9.17) is 11.6 Å². The Hall–Kier alpha value is -0.730. The van der Waals surface area contributed by atoms with Gasteiger partial charge >= 0.3 is 0 Å². The molecule has 1 N–H and O–H groups in total. The van der Waals surface area contributed by atoms with Gasteiger partial charge in [-0.15, -0.1) is 0 Å². The van der Waals surface area contributed by atoms with Crippen LogP contribution in [0.15, 0.2) is 18.2 Å². The highest BCUT2D eigenvalue weighted by atomic mass is 35.5. The fraction of sp³-hybridized carbons (Fsp3) is 0.500. The molecule has 0 fully saturated rings. The van der Waals surface area contributed by atoms with Crippen LogP contribution < -0.4 is 5.32 Å². The topological polar surface area (TPSA) is 15.3 Å². The van der Waals surface area contributed by atoms with Crippen LogP contribution in [0.2, 0.25) is 5.02 Å². The SMILES string of the molecule is CN(C)C[C@H]1CNc2ccc(Cl)cc2C1. The van der Waals surface area contributed by atoms with E-state index in [2.05, 4.69) is 36.4 Å². The number of hydrogen-bond acceptors (Lipinski definition) is 2. The minimum absolute atomic E-state index is 0.686. The zero-order valence-corrected chi connectivity index (χ0v) is 10.0. The maximum Gasteiger partial charge on any atom is 0.0410 e. The second-order valence-electron chi connectivity index (χ2n) is 4.51. The van der Waals surface area contributed by atoms with E-state index in [-0.39, 0.29) is 0 Å². The predicted molar refractivity (Wildman–Crippen MR) is 65.7 cm³/mol. The molecule has 2 rings (SSSR count). The van der Waals surface area contributed by atoms with Crippen LogP contribution >= 0.6 is 11.6 Å². The minimum atomic E-state index is 0.686. The average molecular weight is 225 g/mol. The van der Waals surface area contributed by atoms with E-state index in [1.165, 1.54) is 11.3 Å². The molecule has 15 heavy (non-hydrogen) atoms. The van der Waals surface area contributed by atoms with Crippen molar-refractivity contribution in [3.8, 4) is 0 Å². The Bertz CT molecular complexity index is 349. The third-order valence-corrected chi connectivity index (χ3v) is 3.02. The van der Waals surface area contributed by atoms with E-state index >= 15 is 0 Å². The summed E-state index contributed by atoms with van der Waals surface area (Å²) in [4.78, 5) is 2.24. The molecule has 1 heterocycles. The molecule has 0 bridgehead atoms. The van der Waals surface area contributed by atoms with Crippen molar-refractivity contribution in [3.63, 3.8) is 0 Å². The van der Waals surface area contributed by atoms with Gasteiger partial charge in [0.2, 0.25) is 0 Å². The molecule has 1 aliphatic heterocycles. The van der Waals surface area contributed by atoms with Crippen molar-refractivity contribution in [2.24, 2.45) is 5.92 Å². The predicted octanol–water partition coefficient (Wildman–Crippen LogP) is 2.49. The lowest BCUT2D eigenvalue weighted by Gasteiger charge is -2.28. The highest BCUT2D eigenvalue weighted by molar-refractivity contribution is 6.30. The number of hydrogen-bond donors (Lipinski definition) is 1. The van der Waals surface area contributed by atoms with Gasteiger partial charge < -0.3 is 10.2 Å². The van der Waals surface area contributed by atoms with Gasteiger partial charge in [-0.05, 0) is 50.2 Å². The molecule has 0 aromatic heterocycles. The first-order chi connectivity index (χ1) is 7.15. The summed E-state index contributed by atoms with van der Waals surface area (Å²) in [6, 6.07) is 6.09. The van der Waals surface area contributed by atoms with Crippen molar-refractivity contribution in [1.82, 2.24) is 4.90 Å². The summed E-state index contributed by atoms with van der Waals surface area (Å²) in [5.41, 5.74) is 2.59. The van der Waals surface area contributed by atoms with Crippen LogP contribution in [0.5, 0.6) is 0 Å². The van der Waals surface area contributed by atoms with Crippen molar-refractivity contribution in [2.75, 3.05) is 32.5 Å². The Morgan fingerprint density at radius 1 is 1.47 bits per heavy atom. The summed E-state index contributed by atoms with van der Waals surface area (Å²) in [5, 5.41) is 4.29. The molecule has 1 aromatic carbocycles. The highest BCUT2D eigenvalue weighted by Crippen LogP contribution is 2.27. The van der Waals surface area contributed by atoms with Crippen LogP contribution in [0, 0.1) is 5.92 Å². The Kier molecular flexibility index (Phi) is 3.17. The molecule has 2 nitrogen and oxygen atoms in total. The van der Waals surface area contributed by atoms with Crippen molar-refractivity contribution < 1.29 is 0 Å². The minimum Gasteiger partial charge on any atom is -0.384 e. The molecule has 1 aromatic rings. The van der Waals surface area contributed by atoms with Crippen molar-refractivity contribution in [3.05, 3.63) is 28.8 Å². The van der Waals surface area contributed by atoms with Gasteiger partial charge in [0, 0.05) is 23.8 Å². The summed E-state index contributed by atoms with van der Waals surface area (Å²) in [5.74, 6) is 0.686. The van der Waals surface area contributed by atoms with Gasteiger partial charge in [0.05, 0.1) is 0 Å². The molecule has 0 radical (unpaired) electrons. The summed E-state index contributed by atoms with van der Waals surface area (Å²) >= 11 is 5.99. The fourth-order valence-corrected chi connectivity index (χ4v) is 2.38. The van der Waals surface area contributed by atoms with Crippen molar-refractivity contribution in [1.29, 1.82) is 0 Å². The molecular formula is C12H17ClN2. The zero-order chi connectivity index (χ0) is 10.8. The maximum atomic E-state index is 5.99. The van der Waals surface area contributed by atoms with Gasteiger partial charge in [0.15, 0.2) is 0 Å². The van der Waals surface area contributed by atoms with Gasteiger partial charge in [-0.3, -0.25) is 0 Å². The number of halogens is 1. The van der Waals surface area contributed by atoms with E-state index in [0.29, 0.717) is 5.92 Å². The van der Waals surface area contributed by atoms with Gasteiger partial charge in [-0.2, -0.15) is 0 Å². The molecule has 0 spiro atoms. The first-order valence-electron chi connectivity index (χ1n) is 5.32. The molecule has 0 aliphatic carbocycles. The number of anilines is 1. The zero-order valence-electron chi connectivity index (χ0n) is 9.26. The molecule has 1 atom stereocenters. The molecule has 0 saturated heterocycles. The molecule has 3 heteroatoms. The smallest absolute Gasteiger partial charge is 0.0410 e. The van der Waals surface area contributed by atoms with Crippen LogP contribution in [0.25, 0.3) is 0 Å². The number of nitrogens with zero attached hydrogens (tertiary/aromatic N) is 1. The maximum absolute atomic E-state index is 5.99. The first-order valence-corrected chi connectivity index (χ1v) is 5.70. The second-order valence-corrected chi connectivity index (χ2v) is 4.95. The monoisotopic (exact) mass is 224 g/mol. The van der Waals surface area contributed by atoms with Crippen LogP contribution in [0.3, 0.4) is 0 Å². The van der Waals surface area contributed by atoms with Gasteiger partial charge in [0.25, 0.3) is 0 Å². The molecule has 0 unspecified atom stereocenters. The largest absolute Gasteiger partial charge is 0.384 e. The second kappa shape index (κ2) is 4.42. The lowest BCUT2D eigenvalue weighted by molar-refractivity contribution is 0.328. The van der Waals surface area contributed by atoms with Crippen LogP contribution in [-0.2, 0) is 6.42 Å². The van der Waals surface area contributed by atoms with Crippen LogP contribution in [0.4, 0.5) is 5.69 Å². The lowest BCUT2D eigenvalue weighted by atomic mass is 9.94. The summed E-state index contributed by atoms with van der Waals surface area (Å²) < 4.78 is 0. The summed E-state index contributed by atoms with van der Waals surface area (Å²) in [6.07, 6.45) is 1.13. The standard InChI is InChI=1S/C12H17ClN2/c1-15(2)8-9-5-10-6-11(13)3-4-12(10)14-7-9/h3-4,6,9,14H,5,7-8H2,1-2H3/t9-/m1/s1. The van der Waals surface area contributed by atoms with Crippen LogP contribution in [-0.4, -0.2) is 32.1 Å². The van der Waals surface area contributed by atoms with Crippen molar-refractivity contribution in [2.45, 2.75) is 6.42 Å². The van der Waals surface area contributed by atoms with E-state index < -0.39 is 0 Å². The Balaban J connectivity index is 2.11. The summed E-state index contributed by atoms with van der Waals surface area (Å²) in [6.45, 7) is 2.19. The van der Waals surface area contributed by atoms with Crippen molar-refractivity contribution >= 4 is 17.3 Å². The Morgan fingerprint density at radius 2 is 2.27 bits per heavy atom. The van der Waals surface area contributed by atoms with E-state index in [1.807, 2.05) is 6.07 Å². The van der Waals surface area contributed by atoms with E-state index in [1.54, 1.807) is 0 Å². The number of nitrogens with one attached hydrogen (secondary N) is 1. The molecule has 0 saturated carbocycles. The molecule has 0 amide bonds. The van der Waals surface area contributed by atoms with E-state index in [0.717, 1.165) is 24.5 Å². The molecular weight excluding hydrogens is 208 g/mol. The number of fused-ring (bicyclic) bond motifs is 1. The molecule has 82 valence electrons. The quantitative estimate of drug-likeness (QED) is 0.831. The lowest BCUT2D eigenvalue weighted by Crippen LogP contribution is -2.31. The van der Waals surface area contributed by atoms with Gasteiger partial charge in [-0.1, -0.05) is 11.6 Å². The van der Waals surface area contributed by atoms with Crippen LogP contribution in [0.1, 0.15) is 5.56 Å². The molecule has 1 aliphatic rings. The van der Waals surface area contributed by atoms with Gasteiger partial charge in [0.1, 0.15) is 0 Å². The first kappa shape index (κ1) is 10.8. The average Bonchev–Trinajstić information content (AvgIpc) is 2.16. The third kappa shape index (κ3) is 2.64. The summed E-state index contributed by atoms with van der Waals surface area (Å²) in [7, 11) is 4.24. The van der Waals surface area contributed by atoms with Gasteiger partial charge in [-0.25, -0.2) is 0 Å².